The molecule has 2 aliphatic heterocycles. The molecule has 1 unspecified atom stereocenters. The summed E-state index contributed by atoms with van der Waals surface area (Å²) in [6.07, 6.45) is 1.05. The van der Waals surface area contributed by atoms with Crippen molar-refractivity contribution >= 4 is 40.4 Å². The van der Waals surface area contributed by atoms with E-state index in [-0.39, 0.29) is 11.9 Å². The number of carbonyl (C=O) groups excluding carboxylic acids is 2. The fourth-order valence-electron chi connectivity index (χ4n) is 3.85. The Labute approximate surface area is 168 Å². The maximum atomic E-state index is 13.2. The van der Waals surface area contributed by atoms with Crippen LogP contribution in [-0.2, 0) is 14.3 Å². The normalized spacial score (nSPS) is 21.3. The third kappa shape index (κ3) is 3.38. The van der Waals surface area contributed by atoms with Crippen molar-refractivity contribution in [2.24, 2.45) is 0 Å². The Hall–Kier alpha value is -2.79. The van der Waals surface area contributed by atoms with Crippen LogP contribution in [0.5, 0.6) is 0 Å². The lowest BCUT2D eigenvalue weighted by molar-refractivity contribution is -0.144. The van der Waals surface area contributed by atoms with Gasteiger partial charge in [-0.15, -0.1) is 0 Å². The molecule has 0 bridgehead atoms. The molecular weight excluding hydrogens is 376 g/mol. The van der Waals surface area contributed by atoms with Gasteiger partial charge in [0.1, 0.15) is 6.04 Å². The average molecular weight is 397 g/mol. The van der Waals surface area contributed by atoms with Crippen LogP contribution in [0.25, 0.3) is 5.57 Å². The van der Waals surface area contributed by atoms with Gasteiger partial charge in [-0.1, -0.05) is 35.9 Å². The average Bonchev–Trinajstić information content (AvgIpc) is 3.09. The molecule has 0 saturated carbocycles. The van der Waals surface area contributed by atoms with Crippen LogP contribution in [0.3, 0.4) is 0 Å². The summed E-state index contributed by atoms with van der Waals surface area (Å²) in [5.41, 5.74) is 4.21. The fourth-order valence-corrected chi connectivity index (χ4v) is 4.02. The van der Waals surface area contributed by atoms with Crippen LogP contribution in [0.1, 0.15) is 25.3 Å². The SMILES string of the molecule is CCOC(=O)C1CC(=C2CCN(c3ccccc3)C2=O)c2ccc(Cl)cc2N1. The first kappa shape index (κ1) is 18.6. The van der Waals surface area contributed by atoms with Gasteiger partial charge in [-0.05, 0) is 43.2 Å². The fraction of sp³-hybridized carbons (Fsp3) is 0.273. The van der Waals surface area contributed by atoms with E-state index in [0.29, 0.717) is 31.0 Å². The summed E-state index contributed by atoms with van der Waals surface area (Å²) in [7, 11) is 0. The van der Waals surface area contributed by atoms with Gasteiger partial charge in [0, 0.05) is 40.5 Å². The molecule has 0 aromatic heterocycles. The molecule has 2 heterocycles. The molecule has 144 valence electrons. The third-order valence-corrected chi connectivity index (χ3v) is 5.37. The molecule has 6 heteroatoms. The van der Waals surface area contributed by atoms with E-state index in [1.807, 2.05) is 42.5 Å². The minimum atomic E-state index is -0.535. The van der Waals surface area contributed by atoms with Crippen molar-refractivity contribution in [2.75, 3.05) is 23.4 Å². The van der Waals surface area contributed by atoms with Crippen molar-refractivity contribution < 1.29 is 14.3 Å². The van der Waals surface area contributed by atoms with Crippen LogP contribution in [0.4, 0.5) is 11.4 Å². The quantitative estimate of drug-likeness (QED) is 0.621. The highest BCUT2D eigenvalue weighted by atomic mass is 35.5. The third-order valence-electron chi connectivity index (χ3n) is 5.14. The number of para-hydroxylation sites is 1. The molecule has 0 radical (unpaired) electrons. The largest absolute Gasteiger partial charge is 0.464 e. The zero-order valence-corrected chi connectivity index (χ0v) is 16.3. The van der Waals surface area contributed by atoms with Gasteiger partial charge in [-0.25, -0.2) is 4.79 Å². The summed E-state index contributed by atoms with van der Waals surface area (Å²) in [5, 5.41) is 3.79. The second-order valence-corrected chi connectivity index (χ2v) is 7.28. The number of esters is 1. The van der Waals surface area contributed by atoms with Gasteiger partial charge >= 0.3 is 5.97 Å². The van der Waals surface area contributed by atoms with E-state index < -0.39 is 6.04 Å². The van der Waals surface area contributed by atoms with Crippen LogP contribution in [-0.4, -0.2) is 31.1 Å². The second kappa shape index (κ2) is 7.68. The number of carbonyl (C=O) groups is 2. The number of nitrogens with one attached hydrogen (secondary N) is 1. The number of halogens is 1. The zero-order chi connectivity index (χ0) is 19.7. The summed E-state index contributed by atoms with van der Waals surface area (Å²) in [4.78, 5) is 27.4. The van der Waals surface area contributed by atoms with Gasteiger partial charge in [0.2, 0.25) is 0 Å². The molecule has 0 spiro atoms. The van der Waals surface area contributed by atoms with E-state index in [4.69, 9.17) is 16.3 Å². The van der Waals surface area contributed by atoms with E-state index in [1.54, 1.807) is 17.9 Å². The second-order valence-electron chi connectivity index (χ2n) is 6.84. The number of fused-ring (bicyclic) bond motifs is 1. The lowest BCUT2D eigenvalue weighted by Crippen LogP contribution is -2.35. The Kier molecular flexibility index (Phi) is 5.09. The van der Waals surface area contributed by atoms with E-state index in [2.05, 4.69) is 5.32 Å². The van der Waals surface area contributed by atoms with Gasteiger partial charge < -0.3 is 15.0 Å². The highest BCUT2D eigenvalue weighted by Gasteiger charge is 2.35. The number of amides is 1. The Bertz CT molecular complexity index is 956. The molecule has 1 amide bonds. The van der Waals surface area contributed by atoms with Gasteiger partial charge in [-0.3, -0.25) is 4.79 Å². The smallest absolute Gasteiger partial charge is 0.328 e. The molecular formula is C22H21ClN2O3. The number of hydrogen-bond donors (Lipinski definition) is 1. The number of rotatable bonds is 3. The number of benzene rings is 2. The highest BCUT2D eigenvalue weighted by molar-refractivity contribution is 6.31. The molecule has 28 heavy (non-hydrogen) atoms. The van der Waals surface area contributed by atoms with Crippen LogP contribution in [0, 0.1) is 0 Å². The molecule has 1 atom stereocenters. The van der Waals surface area contributed by atoms with Crippen LogP contribution in [0.15, 0.2) is 54.1 Å². The first-order valence-electron chi connectivity index (χ1n) is 9.40. The van der Waals surface area contributed by atoms with E-state index in [9.17, 15) is 9.59 Å². The van der Waals surface area contributed by atoms with Gasteiger partial charge in [-0.2, -0.15) is 0 Å². The van der Waals surface area contributed by atoms with Crippen molar-refractivity contribution in [1.82, 2.24) is 0 Å². The zero-order valence-electron chi connectivity index (χ0n) is 15.6. The molecule has 5 nitrogen and oxygen atoms in total. The van der Waals surface area contributed by atoms with Gasteiger partial charge in [0.25, 0.3) is 5.91 Å². The molecule has 0 aliphatic carbocycles. The molecule has 1 saturated heterocycles. The van der Waals surface area contributed by atoms with Crippen molar-refractivity contribution in [3.05, 3.63) is 64.7 Å². The minimum absolute atomic E-state index is 0.00777. The summed E-state index contributed by atoms with van der Waals surface area (Å²) in [6.45, 7) is 2.72. The number of anilines is 2. The maximum absolute atomic E-state index is 13.2. The Morgan fingerprint density at radius 1 is 1.21 bits per heavy atom. The maximum Gasteiger partial charge on any atom is 0.328 e. The standard InChI is InChI=1S/C22H21ClN2O3/c1-2-28-22(27)20-13-18(16-9-8-14(23)12-19(16)24-20)17-10-11-25(21(17)26)15-6-4-3-5-7-15/h3-9,12,20,24H,2,10-11,13H2,1H3. The molecule has 2 aromatic rings. The molecule has 1 fully saturated rings. The first-order chi connectivity index (χ1) is 13.6. The van der Waals surface area contributed by atoms with Crippen LogP contribution < -0.4 is 10.2 Å². The molecule has 4 rings (SSSR count). The lowest BCUT2D eigenvalue weighted by atomic mass is 9.88. The Balaban J connectivity index is 1.75. The molecule has 2 aromatic carbocycles. The minimum Gasteiger partial charge on any atom is -0.464 e. The lowest BCUT2D eigenvalue weighted by Gasteiger charge is -2.29. The van der Waals surface area contributed by atoms with E-state index in [1.165, 1.54) is 0 Å². The summed E-state index contributed by atoms with van der Waals surface area (Å²) in [5.74, 6) is -0.330. The van der Waals surface area contributed by atoms with Crippen molar-refractivity contribution in [1.29, 1.82) is 0 Å². The topological polar surface area (TPSA) is 58.6 Å². The predicted molar refractivity (Wildman–Crippen MR) is 110 cm³/mol. The van der Waals surface area contributed by atoms with E-state index >= 15 is 0 Å². The van der Waals surface area contributed by atoms with Crippen molar-refractivity contribution in [3.8, 4) is 0 Å². The Morgan fingerprint density at radius 2 is 2.00 bits per heavy atom. The monoisotopic (exact) mass is 396 g/mol. The molecule has 1 N–H and O–H groups in total. The van der Waals surface area contributed by atoms with Gasteiger partial charge in [0.15, 0.2) is 0 Å². The van der Waals surface area contributed by atoms with Crippen molar-refractivity contribution in [2.45, 2.75) is 25.8 Å². The van der Waals surface area contributed by atoms with Crippen molar-refractivity contribution in [3.63, 3.8) is 0 Å². The molecule has 2 aliphatic rings. The van der Waals surface area contributed by atoms with Gasteiger partial charge in [0.05, 0.1) is 6.61 Å². The number of hydrogen-bond acceptors (Lipinski definition) is 4. The summed E-state index contributed by atoms with van der Waals surface area (Å²) < 4.78 is 5.20. The van der Waals surface area contributed by atoms with E-state index in [0.717, 1.165) is 28.1 Å². The predicted octanol–water partition coefficient (Wildman–Crippen LogP) is 4.28. The number of nitrogens with zero attached hydrogens (tertiary/aromatic N) is 1. The van der Waals surface area contributed by atoms with Crippen LogP contribution >= 0.6 is 11.6 Å². The summed E-state index contributed by atoms with van der Waals surface area (Å²) >= 11 is 6.16. The number of ether oxygens (including phenoxy) is 1. The van der Waals surface area contributed by atoms with Crippen LogP contribution in [0.2, 0.25) is 5.02 Å². The summed E-state index contributed by atoms with van der Waals surface area (Å²) in [6, 6.07) is 14.6. The highest BCUT2D eigenvalue weighted by Crippen LogP contribution is 2.40. The Morgan fingerprint density at radius 3 is 2.75 bits per heavy atom. The first-order valence-corrected chi connectivity index (χ1v) is 9.78.